The number of benzene rings is 2. The third-order valence-electron chi connectivity index (χ3n) is 3.05. The topological polar surface area (TPSA) is 45.0 Å². The van der Waals surface area contributed by atoms with E-state index in [4.69, 9.17) is 4.74 Å². The van der Waals surface area contributed by atoms with E-state index in [1.807, 2.05) is 19.9 Å². The van der Waals surface area contributed by atoms with Crippen molar-refractivity contribution in [2.45, 2.75) is 20.4 Å². The molecule has 0 aliphatic carbocycles. The molecule has 2 aromatic rings. The molecule has 21 heavy (non-hydrogen) atoms. The van der Waals surface area contributed by atoms with E-state index in [1.54, 1.807) is 24.3 Å². The highest BCUT2D eigenvalue weighted by Gasteiger charge is 2.09. The lowest BCUT2D eigenvalue weighted by molar-refractivity contribution is 0.440. The third-order valence-corrected chi connectivity index (χ3v) is 3.05. The van der Waals surface area contributed by atoms with Crippen molar-refractivity contribution in [2.24, 2.45) is 0 Å². The van der Waals surface area contributed by atoms with E-state index in [2.05, 4.69) is 11.4 Å². The Morgan fingerprint density at radius 3 is 2.71 bits per heavy atom. The number of rotatable bonds is 5. The van der Waals surface area contributed by atoms with Crippen LogP contribution in [0.4, 0.5) is 4.39 Å². The van der Waals surface area contributed by atoms with E-state index >= 15 is 0 Å². The van der Waals surface area contributed by atoms with Crippen molar-refractivity contribution in [3.05, 3.63) is 58.9 Å². The van der Waals surface area contributed by atoms with E-state index < -0.39 is 5.82 Å². The van der Waals surface area contributed by atoms with Gasteiger partial charge in [0.15, 0.2) is 11.6 Å². The van der Waals surface area contributed by atoms with Gasteiger partial charge in [0, 0.05) is 6.54 Å². The Hall–Kier alpha value is -2.38. The van der Waals surface area contributed by atoms with Gasteiger partial charge in [-0.2, -0.15) is 5.26 Å². The summed E-state index contributed by atoms with van der Waals surface area (Å²) >= 11 is 0. The first-order chi connectivity index (χ1) is 10.1. The first kappa shape index (κ1) is 15.0. The minimum absolute atomic E-state index is 0.130. The van der Waals surface area contributed by atoms with Crippen LogP contribution in [0, 0.1) is 24.1 Å². The number of hydrogen-bond donors (Lipinski definition) is 1. The minimum Gasteiger partial charge on any atom is -0.453 e. The Balaban J connectivity index is 2.27. The molecule has 0 heterocycles. The van der Waals surface area contributed by atoms with E-state index in [0.29, 0.717) is 17.9 Å². The zero-order valence-electron chi connectivity index (χ0n) is 12.1. The van der Waals surface area contributed by atoms with Gasteiger partial charge in [0.25, 0.3) is 0 Å². The summed E-state index contributed by atoms with van der Waals surface area (Å²) in [7, 11) is 0. The average molecular weight is 284 g/mol. The number of nitrogens with one attached hydrogen (secondary N) is 1. The Bertz CT molecular complexity index is 677. The van der Waals surface area contributed by atoms with Crippen LogP contribution in [0.3, 0.4) is 0 Å². The summed E-state index contributed by atoms with van der Waals surface area (Å²) in [5.41, 5.74) is 2.28. The summed E-state index contributed by atoms with van der Waals surface area (Å²) in [5, 5.41) is 12.4. The molecule has 0 atom stereocenters. The number of ether oxygens (including phenoxy) is 1. The Morgan fingerprint density at radius 2 is 2.00 bits per heavy atom. The number of aryl methyl sites for hydroxylation is 1. The maximum absolute atomic E-state index is 13.7. The first-order valence-corrected chi connectivity index (χ1v) is 6.81. The van der Waals surface area contributed by atoms with Crippen LogP contribution in [0.25, 0.3) is 0 Å². The highest BCUT2D eigenvalue weighted by Crippen LogP contribution is 2.28. The Labute approximate surface area is 124 Å². The van der Waals surface area contributed by atoms with Gasteiger partial charge in [-0.25, -0.2) is 4.39 Å². The van der Waals surface area contributed by atoms with Gasteiger partial charge in [0.2, 0.25) is 0 Å². The molecule has 3 nitrogen and oxygen atoms in total. The molecular formula is C17H17FN2O. The zero-order chi connectivity index (χ0) is 15.2. The predicted octanol–water partition coefficient (Wildman–Crippen LogP) is 3.91. The summed E-state index contributed by atoms with van der Waals surface area (Å²) in [6.07, 6.45) is 0. The normalized spacial score (nSPS) is 10.2. The van der Waals surface area contributed by atoms with Gasteiger partial charge in [0.1, 0.15) is 11.8 Å². The van der Waals surface area contributed by atoms with Gasteiger partial charge in [-0.3, -0.25) is 0 Å². The Morgan fingerprint density at radius 1 is 1.19 bits per heavy atom. The van der Waals surface area contributed by atoms with Crippen molar-refractivity contribution in [3.63, 3.8) is 0 Å². The monoisotopic (exact) mass is 284 g/mol. The molecular weight excluding hydrogens is 267 g/mol. The van der Waals surface area contributed by atoms with Crippen LogP contribution in [-0.4, -0.2) is 6.54 Å². The molecule has 0 aromatic heterocycles. The smallest absolute Gasteiger partial charge is 0.165 e. The molecule has 0 aliphatic heterocycles. The highest BCUT2D eigenvalue weighted by molar-refractivity contribution is 5.48. The SMILES string of the molecule is CCNCc1ccc(Oc2cc(C)ccc2F)c(C#N)c1. The van der Waals surface area contributed by atoms with Crippen molar-refractivity contribution in [3.8, 4) is 17.6 Å². The predicted molar refractivity (Wildman–Crippen MR) is 79.7 cm³/mol. The molecule has 0 unspecified atom stereocenters. The van der Waals surface area contributed by atoms with Crippen molar-refractivity contribution in [1.29, 1.82) is 5.26 Å². The fraction of sp³-hybridized carbons (Fsp3) is 0.235. The molecule has 0 saturated heterocycles. The van der Waals surface area contributed by atoms with Crippen LogP contribution in [-0.2, 0) is 6.54 Å². The van der Waals surface area contributed by atoms with Gasteiger partial charge in [0.05, 0.1) is 5.56 Å². The summed E-state index contributed by atoms with van der Waals surface area (Å²) in [4.78, 5) is 0. The molecule has 2 rings (SSSR count). The largest absolute Gasteiger partial charge is 0.453 e. The lowest BCUT2D eigenvalue weighted by atomic mass is 10.1. The van der Waals surface area contributed by atoms with Crippen LogP contribution in [0.2, 0.25) is 0 Å². The Kier molecular flexibility index (Phi) is 4.91. The number of hydrogen-bond acceptors (Lipinski definition) is 3. The van der Waals surface area contributed by atoms with Crippen molar-refractivity contribution >= 4 is 0 Å². The van der Waals surface area contributed by atoms with E-state index in [-0.39, 0.29) is 5.75 Å². The molecule has 1 N–H and O–H groups in total. The van der Waals surface area contributed by atoms with E-state index in [0.717, 1.165) is 17.7 Å². The van der Waals surface area contributed by atoms with Gasteiger partial charge in [-0.05, 0) is 48.9 Å². The molecule has 2 aromatic carbocycles. The van der Waals surface area contributed by atoms with Crippen LogP contribution >= 0.6 is 0 Å². The fourth-order valence-electron chi connectivity index (χ4n) is 1.94. The van der Waals surface area contributed by atoms with Crippen molar-refractivity contribution in [1.82, 2.24) is 5.32 Å². The molecule has 0 radical (unpaired) electrons. The summed E-state index contributed by atoms with van der Waals surface area (Å²) in [5.74, 6) is 0.0504. The van der Waals surface area contributed by atoms with Gasteiger partial charge >= 0.3 is 0 Å². The standard InChI is InChI=1S/C17H17FN2O/c1-3-20-11-13-5-7-16(14(9-13)10-19)21-17-8-12(2)4-6-15(17)18/h4-9,20H,3,11H2,1-2H3. The van der Waals surface area contributed by atoms with Crippen molar-refractivity contribution < 1.29 is 9.13 Å². The second-order valence-corrected chi connectivity index (χ2v) is 4.76. The van der Waals surface area contributed by atoms with Crippen LogP contribution in [0.1, 0.15) is 23.6 Å². The van der Waals surface area contributed by atoms with Crippen LogP contribution in [0.5, 0.6) is 11.5 Å². The zero-order valence-corrected chi connectivity index (χ0v) is 12.1. The maximum Gasteiger partial charge on any atom is 0.165 e. The number of halogens is 1. The quantitative estimate of drug-likeness (QED) is 0.905. The maximum atomic E-state index is 13.7. The third kappa shape index (κ3) is 3.80. The van der Waals surface area contributed by atoms with Crippen LogP contribution < -0.4 is 10.1 Å². The lowest BCUT2D eigenvalue weighted by Crippen LogP contribution is -2.11. The molecule has 0 spiro atoms. The minimum atomic E-state index is -0.443. The second-order valence-electron chi connectivity index (χ2n) is 4.76. The van der Waals surface area contributed by atoms with E-state index in [1.165, 1.54) is 6.07 Å². The lowest BCUT2D eigenvalue weighted by Gasteiger charge is -2.10. The molecule has 0 amide bonds. The van der Waals surface area contributed by atoms with E-state index in [9.17, 15) is 9.65 Å². The summed E-state index contributed by atoms with van der Waals surface area (Å²) < 4.78 is 19.3. The van der Waals surface area contributed by atoms with Crippen LogP contribution in [0.15, 0.2) is 36.4 Å². The summed E-state index contributed by atoms with van der Waals surface area (Å²) in [6, 6.07) is 12.1. The van der Waals surface area contributed by atoms with Crippen molar-refractivity contribution in [2.75, 3.05) is 6.54 Å². The molecule has 108 valence electrons. The first-order valence-electron chi connectivity index (χ1n) is 6.81. The molecule has 0 aliphatic rings. The van der Waals surface area contributed by atoms with Gasteiger partial charge in [-0.1, -0.05) is 19.1 Å². The average Bonchev–Trinajstić information content (AvgIpc) is 2.49. The molecule has 0 fully saturated rings. The van der Waals surface area contributed by atoms with Gasteiger partial charge < -0.3 is 10.1 Å². The second kappa shape index (κ2) is 6.87. The molecule has 4 heteroatoms. The molecule has 0 bridgehead atoms. The fourth-order valence-corrected chi connectivity index (χ4v) is 1.94. The highest BCUT2D eigenvalue weighted by atomic mass is 19.1. The number of nitriles is 1. The summed E-state index contributed by atoms with van der Waals surface area (Å²) in [6.45, 7) is 5.42. The molecule has 0 saturated carbocycles. The van der Waals surface area contributed by atoms with Gasteiger partial charge in [-0.15, -0.1) is 0 Å². The number of nitrogens with zero attached hydrogens (tertiary/aromatic N) is 1.